The van der Waals surface area contributed by atoms with Gasteiger partial charge in [0.15, 0.2) is 12.2 Å². The van der Waals surface area contributed by atoms with Crippen molar-refractivity contribution in [1.82, 2.24) is 4.90 Å². The second kappa shape index (κ2) is 8.85. The van der Waals surface area contributed by atoms with E-state index in [0.717, 1.165) is 25.0 Å². The molecule has 0 radical (unpaired) electrons. The third-order valence-electron chi connectivity index (χ3n) is 4.94. The van der Waals surface area contributed by atoms with Crippen LogP contribution in [0.1, 0.15) is 18.4 Å². The van der Waals surface area contributed by atoms with Crippen LogP contribution in [-0.2, 0) is 15.8 Å². The SMILES string of the molecule is O=C(Nc1ccc(-c2ccc(C(F)(F)F)cc2)cc1)[C@H](O)[C@@H](O)C(=O)N1CCCC1. The molecule has 1 saturated heterocycles. The van der Waals surface area contributed by atoms with Crippen molar-refractivity contribution in [3.8, 4) is 11.1 Å². The number of anilines is 1. The lowest BCUT2D eigenvalue weighted by molar-refractivity contribution is -0.150. The lowest BCUT2D eigenvalue weighted by atomic mass is 10.0. The number of carbonyl (C=O) groups is 2. The predicted molar refractivity (Wildman–Crippen MR) is 103 cm³/mol. The molecular weight excluding hydrogens is 401 g/mol. The number of benzene rings is 2. The topological polar surface area (TPSA) is 89.9 Å². The van der Waals surface area contributed by atoms with Crippen molar-refractivity contribution in [3.63, 3.8) is 0 Å². The lowest BCUT2D eigenvalue weighted by Gasteiger charge is -2.22. The van der Waals surface area contributed by atoms with E-state index in [9.17, 15) is 33.0 Å². The molecule has 1 heterocycles. The van der Waals surface area contributed by atoms with Crippen LogP contribution >= 0.6 is 0 Å². The molecular formula is C21H21F3N2O4. The van der Waals surface area contributed by atoms with Crippen molar-refractivity contribution in [3.05, 3.63) is 54.1 Å². The molecule has 1 aliphatic rings. The Bertz CT molecular complexity index is 892. The van der Waals surface area contributed by atoms with Crippen LogP contribution in [-0.4, -0.2) is 52.2 Å². The Labute approximate surface area is 170 Å². The maximum absolute atomic E-state index is 12.7. The van der Waals surface area contributed by atoms with Crippen LogP contribution in [0.4, 0.5) is 18.9 Å². The van der Waals surface area contributed by atoms with Crippen molar-refractivity contribution in [2.24, 2.45) is 0 Å². The quantitative estimate of drug-likeness (QED) is 0.691. The zero-order valence-corrected chi connectivity index (χ0v) is 15.9. The van der Waals surface area contributed by atoms with Crippen molar-refractivity contribution >= 4 is 17.5 Å². The molecule has 2 amide bonds. The van der Waals surface area contributed by atoms with Gasteiger partial charge in [0.1, 0.15) is 0 Å². The molecule has 0 aliphatic carbocycles. The van der Waals surface area contributed by atoms with Gasteiger partial charge in [-0.3, -0.25) is 9.59 Å². The van der Waals surface area contributed by atoms with E-state index in [2.05, 4.69) is 5.32 Å². The average molecular weight is 422 g/mol. The third kappa shape index (κ3) is 4.98. The van der Waals surface area contributed by atoms with E-state index < -0.39 is 35.8 Å². The Morgan fingerprint density at radius 1 is 0.867 bits per heavy atom. The molecule has 2 aromatic rings. The van der Waals surface area contributed by atoms with Gasteiger partial charge >= 0.3 is 6.18 Å². The highest BCUT2D eigenvalue weighted by Gasteiger charge is 2.34. The molecule has 2 atom stereocenters. The highest BCUT2D eigenvalue weighted by molar-refractivity contribution is 5.98. The van der Waals surface area contributed by atoms with Gasteiger partial charge in [0, 0.05) is 18.8 Å². The van der Waals surface area contributed by atoms with Crippen molar-refractivity contribution in [2.45, 2.75) is 31.2 Å². The minimum absolute atomic E-state index is 0.301. The number of nitrogens with one attached hydrogen (secondary N) is 1. The largest absolute Gasteiger partial charge is 0.416 e. The highest BCUT2D eigenvalue weighted by atomic mass is 19.4. The van der Waals surface area contributed by atoms with Crippen molar-refractivity contribution in [1.29, 1.82) is 0 Å². The van der Waals surface area contributed by atoms with Crippen LogP contribution in [0.5, 0.6) is 0 Å². The smallest absolute Gasteiger partial charge is 0.380 e. The highest BCUT2D eigenvalue weighted by Crippen LogP contribution is 2.31. The van der Waals surface area contributed by atoms with Gasteiger partial charge in [0.2, 0.25) is 0 Å². The molecule has 0 spiro atoms. The van der Waals surface area contributed by atoms with Gasteiger partial charge in [-0.15, -0.1) is 0 Å². The fourth-order valence-electron chi connectivity index (χ4n) is 3.22. The molecule has 9 heteroatoms. The molecule has 0 aromatic heterocycles. The molecule has 1 aliphatic heterocycles. The van der Waals surface area contributed by atoms with Gasteiger partial charge in [0.25, 0.3) is 11.8 Å². The summed E-state index contributed by atoms with van der Waals surface area (Å²) in [5.41, 5.74) is 0.751. The summed E-state index contributed by atoms with van der Waals surface area (Å²) in [5.74, 6) is -1.62. The normalized spacial score (nSPS) is 16.2. The standard InChI is InChI=1S/C21H21F3N2O4/c22-21(23,24)15-7-3-13(4-8-15)14-5-9-16(10-6-14)25-19(29)17(27)18(28)20(30)26-11-1-2-12-26/h3-10,17-18,27-28H,1-2,11-12H2,(H,25,29)/t17-,18-/m1/s1. The number of halogens is 3. The monoisotopic (exact) mass is 422 g/mol. The maximum Gasteiger partial charge on any atom is 0.416 e. The van der Waals surface area contributed by atoms with E-state index in [1.165, 1.54) is 29.2 Å². The molecule has 0 bridgehead atoms. The number of likely N-dealkylation sites (tertiary alicyclic amines) is 1. The molecule has 1 fully saturated rings. The van der Waals surface area contributed by atoms with Gasteiger partial charge in [0.05, 0.1) is 5.56 Å². The summed E-state index contributed by atoms with van der Waals surface area (Å²) in [6.07, 6.45) is -6.56. The summed E-state index contributed by atoms with van der Waals surface area (Å²) in [5, 5.41) is 22.4. The Morgan fingerprint density at radius 2 is 1.37 bits per heavy atom. The van der Waals surface area contributed by atoms with Crippen LogP contribution in [0, 0.1) is 0 Å². The zero-order valence-electron chi connectivity index (χ0n) is 15.9. The number of hydrogen-bond acceptors (Lipinski definition) is 4. The van der Waals surface area contributed by atoms with E-state index in [-0.39, 0.29) is 0 Å². The summed E-state index contributed by atoms with van der Waals surface area (Å²) in [4.78, 5) is 25.7. The van der Waals surface area contributed by atoms with Gasteiger partial charge in [-0.05, 0) is 48.2 Å². The first-order chi connectivity index (χ1) is 14.2. The summed E-state index contributed by atoms with van der Waals surface area (Å²) in [6.45, 7) is 0.964. The lowest BCUT2D eigenvalue weighted by Crippen LogP contribution is -2.48. The van der Waals surface area contributed by atoms with E-state index >= 15 is 0 Å². The van der Waals surface area contributed by atoms with Crippen molar-refractivity contribution < 1.29 is 33.0 Å². The summed E-state index contributed by atoms with van der Waals surface area (Å²) < 4.78 is 38.0. The molecule has 30 heavy (non-hydrogen) atoms. The first-order valence-corrected chi connectivity index (χ1v) is 9.40. The molecule has 6 nitrogen and oxygen atoms in total. The summed E-state index contributed by atoms with van der Waals surface area (Å²) in [7, 11) is 0. The number of amides is 2. The van der Waals surface area contributed by atoms with Crippen LogP contribution in [0.25, 0.3) is 11.1 Å². The fraction of sp³-hybridized carbons (Fsp3) is 0.333. The molecule has 2 aromatic carbocycles. The Balaban J connectivity index is 1.62. The number of alkyl halides is 3. The molecule has 0 saturated carbocycles. The molecule has 160 valence electrons. The molecule has 3 N–H and O–H groups in total. The van der Waals surface area contributed by atoms with Gasteiger partial charge in [-0.1, -0.05) is 24.3 Å². The van der Waals surface area contributed by atoms with Crippen LogP contribution in [0.15, 0.2) is 48.5 Å². The fourth-order valence-corrected chi connectivity index (χ4v) is 3.22. The van der Waals surface area contributed by atoms with E-state index in [1.54, 1.807) is 12.1 Å². The first-order valence-electron chi connectivity index (χ1n) is 9.40. The van der Waals surface area contributed by atoms with Gasteiger partial charge < -0.3 is 20.4 Å². The maximum atomic E-state index is 12.7. The number of rotatable bonds is 5. The summed E-state index contributed by atoms with van der Waals surface area (Å²) in [6, 6.07) is 10.9. The third-order valence-corrected chi connectivity index (χ3v) is 4.94. The Morgan fingerprint density at radius 3 is 1.87 bits per heavy atom. The number of nitrogens with zero attached hydrogens (tertiary/aromatic N) is 1. The zero-order chi connectivity index (χ0) is 21.9. The van der Waals surface area contributed by atoms with E-state index in [4.69, 9.17) is 0 Å². The number of hydrogen-bond donors (Lipinski definition) is 3. The van der Waals surface area contributed by atoms with Gasteiger partial charge in [-0.2, -0.15) is 13.2 Å². The van der Waals surface area contributed by atoms with Crippen LogP contribution in [0.2, 0.25) is 0 Å². The Hall–Kier alpha value is -2.91. The number of aliphatic hydroxyl groups is 2. The number of aliphatic hydroxyl groups excluding tert-OH is 2. The Kier molecular flexibility index (Phi) is 6.42. The predicted octanol–water partition coefficient (Wildman–Crippen LogP) is 2.66. The van der Waals surface area contributed by atoms with Crippen molar-refractivity contribution in [2.75, 3.05) is 18.4 Å². The second-order valence-electron chi connectivity index (χ2n) is 7.06. The van der Waals surface area contributed by atoms with Crippen LogP contribution in [0.3, 0.4) is 0 Å². The number of carbonyl (C=O) groups excluding carboxylic acids is 2. The summed E-state index contributed by atoms with van der Waals surface area (Å²) >= 11 is 0. The minimum atomic E-state index is -4.41. The van der Waals surface area contributed by atoms with Gasteiger partial charge in [-0.25, -0.2) is 0 Å². The average Bonchev–Trinajstić information content (AvgIpc) is 3.27. The van der Waals surface area contributed by atoms with E-state index in [0.29, 0.717) is 29.9 Å². The van der Waals surface area contributed by atoms with E-state index in [1.807, 2.05) is 0 Å². The minimum Gasteiger partial charge on any atom is -0.380 e. The first kappa shape index (κ1) is 21.8. The second-order valence-corrected chi connectivity index (χ2v) is 7.06. The molecule has 0 unspecified atom stereocenters. The molecule has 3 rings (SSSR count). The van der Waals surface area contributed by atoms with Crippen LogP contribution < -0.4 is 5.32 Å².